The molecule has 0 fully saturated rings. The molecule has 0 bridgehead atoms. The molecule has 0 saturated carbocycles. The maximum absolute atomic E-state index is 6.21. The number of para-hydroxylation sites is 6. The Bertz CT molecular complexity index is 6370. The summed E-state index contributed by atoms with van der Waals surface area (Å²) in [6, 6.07) is 134. The fraction of sp³-hybridized carbons (Fsp3) is 0.0303. The van der Waals surface area contributed by atoms with Gasteiger partial charge in [-0.05, 0) is 238 Å². The summed E-state index contributed by atoms with van der Waals surface area (Å²) >= 11 is 14.4. The molecule has 518 valence electrons. The van der Waals surface area contributed by atoms with Crippen LogP contribution < -0.4 is 14.7 Å². The minimum atomic E-state index is -0.144. The van der Waals surface area contributed by atoms with E-state index >= 15 is 0 Å². The number of benzene rings is 16. The Hall–Kier alpha value is -11.4. The van der Waals surface area contributed by atoms with Crippen LogP contribution in [0.25, 0.3) is 107 Å². The number of thiophene rings is 2. The van der Waals surface area contributed by atoms with Crippen molar-refractivity contribution in [1.29, 1.82) is 0 Å². The number of rotatable bonds is 12. The van der Waals surface area contributed by atoms with Crippen molar-refractivity contribution in [3.63, 3.8) is 0 Å². The standard InChI is InChI=1S/C39H28BrNO.2C30H20BrNS/c1-39(2)33-16-10-9-15-31(33)38-34(39)22-26(25-17-20-36-32(21-25)30-19-18-27(40)24-37(30)42-36)23-35(38)41(28-11-5-3-6-12-28)29-13-7-4-8-14-29;31-23-14-17-27-28-19-22(13-18-29(28)33-30(27)20-23)21-11-15-26(16-12-21)32(24-7-3-1-4-8-24)25-9-5-2-6-10-25;31-23-14-11-21(12-15-23)22-13-17-27-28-20-26(16-18-29(28)33-30(27)19-22)32(24-7-3-1-4-8-24)25-9-5-2-6-10-25/h3-24H,1-2H3;2*1-20H. The Morgan fingerprint density at radius 1 is 0.250 bits per heavy atom. The molecule has 20 rings (SSSR count). The van der Waals surface area contributed by atoms with Crippen molar-refractivity contribution in [2.45, 2.75) is 19.3 Å². The van der Waals surface area contributed by atoms with E-state index in [2.05, 4.69) is 446 Å². The van der Waals surface area contributed by atoms with Gasteiger partial charge in [0, 0.05) is 121 Å². The lowest BCUT2D eigenvalue weighted by Crippen LogP contribution is -2.16. The zero-order chi connectivity index (χ0) is 72.8. The molecule has 0 spiro atoms. The Labute approximate surface area is 661 Å². The minimum Gasteiger partial charge on any atom is -0.456 e. The average molecular weight is 1620 g/mol. The smallest absolute Gasteiger partial charge is 0.136 e. The van der Waals surface area contributed by atoms with E-state index in [0.717, 1.165) is 80.9 Å². The Morgan fingerprint density at radius 3 is 1.23 bits per heavy atom. The van der Waals surface area contributed by atoms with E-state index < -0.39 is 0 Å². The molecule has 0 unspecified atom stereocenters. The molecular formula is C99H68Br3N3OS2. The molecule has 1 aliphatic carbocycles. The van der Waals surface area contributed by atoms with E-state index in [4.69, 9.17) is 4.42 Å². The number of hydrogen-bond acceptors (Lipinski definition) is 6. The second-order valence-corrected chi connectivity index (χ2v) is 32.5. The van der Waals surface area contributed by atoms with Gasteiger partial charge in [0.1, 0.15) is 11.2 Å². The lowest BCUT2D eigenvalue weighted by Gasteiger charge is -2.29. The molecular weight excluding hydrogens is 1550 g/mol. The highest BCUT2D eigenvalue weighted by Gasteiger charge is 2.39. The number of furan rings is 1. The van der Waals surface area contributed by atoms with Gasteiger partial charge in [0.2, 0.25) is 0 Å². The van der Waals surface area contributed by atoms with Crippen LogP contribution in [-0.2, 0) is 5.41 Å². The predicted octanol–water partition coefficient (Wildman–Crippen LogP) is 31.7. The highest BCUT2D eigenvalue weighted by Crippen LogP contribution is 2.56. The Balaban J connectivity index is 0.000000116. The monoisotopic (exact) mass is 1620 g/mol. The van der Waals surface area contributed by atoms with Gasteiger partial charge in [-0.3, -0.25) is 0 Å². The van der Waals surface area contributed by atoms with E-state index in [1.165, 1.54) is 102 Å². The quantitative estimate of drug-likeness (QED) is 0.122. The number of anilines is 9. The zero-order valence-electron chi connectivity index (χ0n) is 59.0. The van der Waals surface area contributed by atoms with Crippen molar-refractivity contribution in [2.75, 3.05) is 14.7 Å². The van der Waals surface area contributed by atoms with Crippen LogP contribution in [0, 0.1) is 0 Å². The molecule has 0 N–H and O–H groups in total. The molecule has 9 heteroatoms. The van der Waals surface area contributed by atoms with E-state index in [9.17, 15) is 0 Å². The number of fused-ring (bicyclic) bond motifs is 12. The van der Waals surface area contributed by atoms with Gasteiger partial charge in [0.25, 0.3) is 0 Å². The average Bonchev–Trinajstić information content (AvgIpc) is 1.55. The summed E-state index contributed by atoms with van der Waals surface area (Å²) in [5, 5.41) is 7.49. The number of hydrogen-bond donors (Lipinski definition) is 0. The third kappa shape index (κ3) is 13.3. The first-order chi connectivity index (χ1) is 53.0. The van der Waals surface area contributed by atoms with Crippen LogP contribution in [0.1, 0.15) is 25.0 Å². The van der Waals surface area contributed by atoms with Crippen LogP contribution in [0.15, 0.2) is 394 Å². The van der Waals surface area contributed by atoms with Crippen LogP contribution in [-0.4, -0.2) is 0 Å². The van der Waals surface area contributed by atoms with Gasteiger partial charge in [-0.15, -0.1) is 22.7 Å². The molecule has 3 heterocycles. The summed E-state index contributed by atoms with van der Waals surface area (Å²) in [5.41, 5.74) is 24.6. The zero-order valence-corrected chi connectivity index (χ0v) is 65.4. The fourth-order valence-electron chi connectivity index (χ4n) is 15.3. The summed E-state index contributed by atoms with van der Waals surface area (Å²) in [5.74, 6) is 0. The van der Waals surface area contributed by atoms with E-state index in [1.54, 1.807) is 0 Å². The lowest BCUT2D eigenvalue weighted by atomic mass is 9.81. The molecule has 19 aromatic rings. The van der Waals surface area contributed by atoms with Gasteiger partial charge in [-0.1, -0.05) is 250 Å². The first-order valence-electron chi connectivity index (χ1n) is 36.1. The normalized spacial score (nSPS) is 12.0. The molecule has 4 nitrogen and oxygen atoms in total. The van der Waals surface area contributed by atoms with Crippen LogP contribution >= 0.6 is 70.5 Å². The molecule has 0 radical (unpaired) electrons. The van der Waals surface area contributed by atoms with Crippen LogP contribution in [0.2, 0.25) is 0 Å². The summed E-state index contributed by atoms with van der Waals surface area (Å²) in [7, 11) is 0. The topological polar surface area (TPSA) is 22.9 Å². The summed E-state index contributed by atoms with van der Waals surface area (Å²) < 4.78 is 14.7. The van der Waals surface area contributed by atoms with Crippen LogP contribution in [0.4, 0.5) is 51.2 Å². The van der Waals surface area contributed by atoms with Crippen molar-refractivity contribution >= 4 is 184 Å². The van der Waals surface area contributed by atoms with E-state index in [-0.39, 0.29) is 5.41 Å². The second kappa shape index (κ2) is 29.4. The first-order valence-corrected chi connectivity index (χ1v) is 40.1. The van der Waals surface area contributed by atoms with Crippen LogP contribution in [0.5, 0.6) is 0 Å². The highest BCUT2D eigenvalue weighted by atomic mass is 79.9. The van der Waals surface area contributed by atoms with Gasteiger partial charge in [-0.2, -0.15) is 0 Å². The SMILES string of the molecule is Brc1ccc(-c2ccc3c(c2)sc2ccc(N(c4ccccc4)c4ccccc4)cc23)cc1.Brc1ccc2c(c1)sc1ccc(-c3ccc(N(c4ccccc4)c4ccccc4)cc3)cc12.CC1(C)c2ccccc2-c2c(N(c3ccccc3)c3ccccc3)cc(-c3ccc4oc5cc(Br)ccc5c4c3)cc21. The first kappa shape index (κ1) is 68.4. The molecule has 0 amide bonds. The summed E-state index contributed by atoms with van der Waals surface area (Å²) in [4.78, 5) is 7.01. The second-order valence-electron chi connectivity index (χ2n) is 27.6. The predicted molar refractivity (Wildman–Crippen MR) is 473 cm³/mol. The molecule has 1 aliphatic rings. The van der Waals surface area contributed by atoms with Crippen molar-refractivity contribution < 1.29 is 4.42 Å². The largest absolute Gasteiger partial charge is 0.456 e. The minimum absolute atomic E-state index is 0.144. The molecule has 3 aromatic heterocycles. The van der Waals surface area contributed by atoms with Gasteiger partial charge in [0.15, 0.2) is 0 Å². The number of halogens is 3. The number of nitrogens with zero attached hydrogens (tertiary/aromatic N) is 3. The van der Waals surface area contributed by atoms with Gasteiger partial charge >= 0.3 is 0 Å². The van der Waals surface area contributed by atoms with Gasteiger partial charge in [-0.25, -0.2) is 0 Å². The Kier molecular flexibility index (Phi) is 18.6. The third-order valence-corrected chi connectivity index (χ3v) is 24.3. The third-order valence-electron chi connectivity index (χ3n) is 20.5. The lowest BCUT2D eigenvalue weighted by molar-refractivity contribution is 0.660. The molecule has 16 aromatic carbocycles. The molecule has 0 atom stereocenters. The Morgan fingerprint density at radius 2 is 0.648 bits per heavy atom. The maximum atomic E-state index is 6.21. The van der Waals surface area contributed by atoms with Crippen molar-refractivity contribution in [3.05, 3.63) is 401 Å². The van der Waals surface area contributed by atoms with Crippen molar-refractivity contribution in [1.82, 2.24) is 0 Å². The maximum Gasteiger partial charge on any atom is 0.136 e. The fourth-order valence-corrected chi connectivity index (χ4v) is 18.7. The molecule has 108 heavy (non-hydrogen) atoms. The van der Waals surface area contributed by atoms with Crippen LogP contribution in [0.3, 0.4) is 0 Å². The van der Waals surface area contributed by atoms with Gasteiger partial charge < -0.3 is 19.1 Å². The molecule has 0 aliphatic heterocycles. The van der Waals surface area contributed by atoms with Crippen molar-refractivity contribution in [3.8, 4) is 44.5 Å². The summed E-state index contributed by atoms with van der Waals surface area (Å²) in [6.07, 6.45) is 0. The van der Waals surface area contributed by atoms with E-state index in [1.807, 2.05) is 28.7 Å². The molecule has 0 saturated heterocycles. The van der Waals surface area contributed by atoms with Gasteiger partial charge in [0.05, 0.1) is 5.69 Å². The van der Waals surface area contributed by atoms with E-state index in [0.29, 0.717) is 0 Å². The van der Waals surface area contributed by atoms with Crippen molar-refractivity contribution in [2.24, 2.45) is 0 Å². The summed E-state index contributed by atoms with van der Waals surface area (Å²) in [6.45, 7) is 4.70. The highest BCUT2D eigenvalue weighted by molar-refractivity contribution is 9.11.